The van der Waals surface area contributed by atoms with Crippen LogP contribution in [0.3, 0.4) is 0 Å². The van der Waals surface area contributed by atoms with Crippen LogP contribution in [0.25, 0.3) is 32.5 Å². The summed E-state index contributed by atoms with van der Waals surface area (Å²) in [4.78, 5) is 25.6. The van der Waals surface area contributed by atoms with Crippen molar-refractivity contribution in [3.63, 3.8) is 0 Å². The number of hydrogen-bond donors (Lipinski definition) is 1. The number of aliphatic carboxylic acids is 1. The maximum absolute atomic E-state index is 13.2. The maximum Gasteiger partial charge on any atom is 0.490 e. The molecule has 3 aromatic heterocycles. The number of carboxylic acids is 1. The van der Waals surface area contributed by atoms with Crippen LogP contribution in [-0.4, -0.2) is 32.0 Å². The van der Waals surface area contributed by atoms with Crippen LogP contribution in [0.15, 0.2) is 59.0 Å². The van der Waals surface area contributed by atoms with Crippen LogP contribution in [0.1, 0.15) is 0 Å². The number of alkyl halides is 3. The van der Waals surface area contributed by atoms with Crippen molar-refractivity contribution < 1.29 is 27.5 Å². The topological polar surface area (TPSA) is 85.1 Å². The van der Waals surface area contributed by atoms with Crippen molar-refractivity contribution in [2.75, 3.05) is 0 Å². The quantitative estimate of drug-likeness (QED) is 0.454. The van der Waals surface area contributed by atoms with E-state index in [9.17, 15) is 22.4 Å². The zero-order chi connectivity index (χ0) is 22.8. The van der Waals surface area contributed by atoms with Gasteiger partial charge in [0.15, 0.2) is 0 Å². The lowest BCUT2D eigenvalue weighted by molar-refractivity contribution is -0.192. The van der Waals surface area contributed by atoms with E-state index in [-0.39, 0.29) is 11.4 Å². The number of rotatable bonds is 2. The Kier molecular flexibility index (Phi) is 6.16. The molecule has 1 aromatic carbocycles. The number of aryl methyl sites for hydroxylation is 1. The van der Waals surface area contributed by atoms with Gasteiger partial charge in [-0.1, -0.05) is 0 Å². The van der Waals surface area contributed by atoms with Gasteiger partial charge in [-0.25, -0.2) is 13.9 Å². The summed E-state index contributed by atoms with van der Waals surface area (Å²) in [5, 5.41) is 14.1. The molecule has 0 saturated carbocycles. The molecule has 11 heteroatoms. The fourth-order valence-corrected chi connectivity index (χ4v) is 3.76. The van der Waals surface area contributed by atoms with E-state index >= 15 is 0 Å². The Morgan fingerprint density at radius 2 is 1.65 bits per heavy atom. The Balaban J connectivity index is 0.000000339. The normalized spacial score (nSPS) is 11.1. The second-order valence-corrected chi connectivity index (χ2v) is 7.06. The first-order valence-corrected chi connectivity index (χ1v) is 9.42. The average Bonchev–Trinajstić information content (AvgIpc) is 3.17. The summed E-state index contributed by atoms with van der Waals surface area (Å²) in [6.45, 7) is 0. The van der Waals surface area contributed by atoms with Crippen molar-refractivity contribution >= 4 is 27.4 Å². The summed E-state index contributed by atoms with van der Waals surface area (Å²) >= 11 is 1.47. The van der Waals surface area contributed by atoms with Crippen LogP contribution < -0.4 is 5.56 Å². The van der Waals surface area contributed by atoms with Crippen molar-refractivity contribution in [3.8, 4) is 22.4 Å². The summed E-state index contributed by atoms with van der Waals surface area (Å²) in [7, 11) is 1.63. The monoisotopic (exact) mass is 451 g/mol. The lowest BCUT2D eigenvalue weighted by atomic mass is 10.1. The molecule has 0 atom stereocenters. The molecule has 0 aliphatic rings. The molecule has 6 nitrogen and oxygen atoms in total. The van der Waals surface area contributed by atoms with Gasteiger partial charge in [0.2, 0.25) is 0 Å². The first kappa shape index (κ1) is 22.1. The molecule has 0 unspecified atom stereocenters. The van der Waals surface area contributed by atoms with E-state index in [1.54, 1.807) is 31.6 Å². The van der Waals surface area contributed by atoms with Gasteiger partial charge in [0, 0.05) is 35.9 Å². The SMILES string of the molecule is Cn1nc(-c2ccc(F)cc2)c2scc(-c3ccncc3)c2c1=O.O=C(O)C(F)(F)F. The zero-order valence-corrected chi connectivity index (χ0v) is 16.5. The van der Waals surface area contributed by atoms with E-state index in [0.29, 0.717) is 11.1 Å². The molecule has 0 aliphatic carbocycles. The highest BCUT2D eigenvalue weighted by Crippen LogP contribution is 2.36. The number of fused-ring (bicyclic) bond motifs is 1. The van der Waals surface area contributed by atoms with E-state index in [1.807, 2.05) is 17.5 Å². The molecule has 0 aliphatic heterocycles. The Morgan fingerprint density at radius 1 is 1.06 bits per heavy atom. The van der Waals surface area contributed by atoms with Crippen molar-refractivity contribution in [1.29, 1.82) is 0 Å². The highest BCUT2D eigenvalue weighted by molar-refractivity contribution is 7.18. The smallest absolute Gasteiger partial charge is 0.475 e. The molecule has 3 heterocycles. The number of halogens is 4. The number of benzene rings is 1. The first-order valence-electron chi connectivity index (χ1n) is 8.54. The lowest BCUT2D eigenvalue weighted by Gasteiger charge is -2.06. The molecule has 1 N–H and O–H groups in total. The number of pyridine rings is 1. The minimum atomic E-state index is -5.08. The van der Waals surface area contributed by atoms with Gasteiger partial charge in [-0.3, -0.25) is 9.78 Å². The van der Waals surface area contributed by atoms with Gasteiger partial charge >= 0.3 is 12.1 Å². The van der Waals surface area contributed by atoms with Crippen LogP contribution in [0.2, 0.25) is 0 Å². The minimum Gasteiger partial charge on any atom is -0.475 e. The molecule has 0 spiro atoms. The third-order valence-corrected chi connectivity index (χ3v) is 5.10. The number of carbonyl (C=O) groups is 1. The Hall–Kier alpha value is -3.60. The van der Waals surface area contributed by atoms with Crippen LogP contribution in [0.4, 0.5) is 17.6 Å². The molecule has 31 heavy (non-hydrogen) atoms. The molecular formula is C20H13F4N3O3S. The molecule has 0 amide bonds. The van der Waals surface area contributed by atoms with E-state index in [0.717, 1.165) is 21.4 Å². The van der Waals surface area contributed by atoms with Crippen LogP contribution >= 0.6 is 11.3 Å². The summed E-state index contributed by atoms with van der Waals surface area (Å²) in [5.41, 5.74) is 3.11. The van der Waals surface area contributed by atoms with Crippen molar-refractivity contribution in [3.05, 3.63) is 70.3 Å². The number of aromatic nitrogens is 3. The van der Waals surface area contributed by atoms with Gasteiger partial charge in [-0.05, 0) is 42.0 Å². The van der Waals surface area contributed by atoms with Gasteiger partial charge in [0.1, 0.15) is 11.5 Å². The highest BCUT2D eigenvalue weighted by atomic mass is 32.1. The summed E-state index contributed by atoms with van der Waals surface area (Å²) < 4.78 is 47.1. The Labute approximate surface area is 176 Å². The van der Waals surface area contributed by atoms with E-state index < -0.39 is 12.1 Å². The van der Waals surface area contributed by atoms with Gasteiger partial charge in [0.05, 0.1) is 10.1 Å². The average molecular weight is 451 g/mol. The molecule has 4 aromatic rings. The summed E-state index contributed by atoms with van der Waals surface area (Å²) in [6, 6.07) is 9.88. The largest absolute Gasteiger partial charge is 0.490 e. The van der Waals surface area contributed by atoms with Crippen molar-refractivity contribution in [2.24, 2.45) is 7.05 Å². The fraction of sp³-hybridized carbons (Fsp3) is 0.100. The highest BCUT2D eigenvalue weighted by Gasteiger charge is 2.38. The standard InChI is InChI=1S/C18H12FN3OS.C2HF3O2/c1-22-18(23)15-14(11-6-8-20-9-7-11)10-24-17(15)16(21-22)12-2-4-13(19)5-3-12;3-2(4,5)1(6)7/h2-10H,1H3;(H,6,7). The van der Waals surface area contributed by atoms with E-state index in [1.165, 1.54) is 28.2 Å². The van der Waals surface area contributed by atoms with Gasteiger partial charge < -0.3 is 5.11 Å². The third-order valence-electron chi connectivity index (χ3n) is 4.12. The third kappa shape index (κ3) is 4.77. The summed E-state index contributed by atoms with van der Waals surface area (Å²) in [6.07, 6.45) is -1.68. The van der Waals surface area contributed by atoms with E-state index in [4.69, 9.17) is 9.90 Å². The lowest BCUT2D eigenvalue weighted by Crippen LogP contribution is -2.21. The Bertz CT molecular complexity index is 1280. The first-order chi connectivity index (χ1) is 14.6. The molecule has 0 saturated heterocycles. The predicted molar refractivity (Wildman–Crippen MR) is 107 cm³/mol. The molecule has 0 radical (unpaired) electrons. The van der Waals surface area contributed by atoms with Crippen LogP contribution in [0, 0.1) is 5.82 Å². The summed E-state index contributed by atoms with van der Waals surface area (Å²) in [5.74, 6) is -3.06. The van der Waals surface area contributed by atoms with Crippen LogP contribution in [-0.2, 0) is 11.8 Å². The van der Waals surface area contributed by atoms with E-state index in [2.05, 4.69) is 10.1 Å². The van der Waals surface area contributed by atoms with Gasteiger partial charge in [0.25, 0.3) is 5.56 Å². The predicted octanol–water partition coefficient (Wildman–Crippen LogP) is 4.50. The van der Waals surface area contributed by atoms with Crippen LogP contribution in [0.5, 0.6) is 0 Å². The van der Waals surface area contributed by atoms with Crippen molar-refractivity contribution in [1.82, 2.24) is 14.8 Å². The maximum atomic E-state index is 13.2. The number of carboxylic acid groups (broad SMARTS) is 1. The molecule has 160 valence electrons. The second-order valence-electron chi connectivity index (χ2n) is 6.18. The molecule has 0 fully saturated rings. The molecular weight excluding hydrogens is 438 g/mol. The zero-order valence-electron chi connectivity index (χ0n) is 15.7. The minimum absolute atomic E-state index is 0.149. The molecule has 0 bridgehead atoms. The second kappa shape index (κ2) is 8.64. The van der Waals surface area contributed by atoms with Gasteiger partial charge in [-0.2, -0.15) is 18.3 Å². The number of thiophene rings is 1. The fourth-order valence-electron chi connectivity index (χ4n) is 2.69. The number of nitrogens with zero attached hydrogens (tertiary/aromatic N) is 3. The number of hydrogen-bond acceptors (Lipinski definition) is 5. The molecule has 4 rings (SSSR count). The van der Waals surface area contributed by atoms with Gasteiger partial charge in [-0.15, -0.1) is 11.3 Å². The van der Waals surface area contributed by atoms with Crippen molar-refractivity contribution in [2.45, 2.75) is 6.18 Å². The Morgan fingerprint density at radius 3 is 2.19 bits per heavy atom.